The molecule has 0 unspecified atom stereocenters. The molecule has 0 atom stereocenters. The Morgan fingerprint density at radius 3 is 2.37 bits per heavy atom. The fraction of sp³-hybridized carbons (Fsp3) is 0.818. The van der Waals surface area contributed by atoms with Gasteiger partial charge in [0.25, 0.3) is 0 Å². The Kier molecular flexibility index (Phi) is 3.44. The quantitative estimate of drug-likeness (QED) is 0.790. The predicted octanol–water partition coefficient (Wildman–Crippen LogP) is 1.16. The van der Waals surface area contributed by atoms with Crippen molar-refractivity contribution in [3.05, 3.63) is 0 Å². The number of alkyl halides is 4. The van der Waals surface area contributed by atoms with Crippen molar-refractivity contribution in [2.24, 2.45) is 0 Å². The van der Waals surface area contributed by atoms with E-state index >= 15 is 0 Å². The van der Waals surface area contributed by atoms with E-state index in [-0.39, 0.29) is 0 Å². The van der Waals surface area contributed by atoms with Gasteiger partial charge in [-0.05, 0) is 12.8 Å². The van der Waals surface area contributed by atoms with E-state index < -0.39 is 42.8 Å². The molecule has 4 nitrogen and oxygen atoms in total. The minimum absolute atomic E-state index is 0.369. The van der Waals surface area contributed by atoms with Crippen molar-refractivity contribution in [2.45, 2.75) is 43.6 Å². The summed E-state index contributed by atoms with van der Waals surface area (Å²) in [5, 5.41) is 2.52. The first-order valence-corrected chi connectivity index (χ1v) is 6.03. The molecule has 2 aliphatic rings. The number of hydrogen-bond donors (Lipinski definition) is 1. The summed E-state index contributed by atoms with van der Waals surface area (Å²) in [7, 11) is 0. The van der Waals surface area contributed by atoms with Crippen molar-refractivity contribution in [3.8, 4) is 0 Å². The lowest BCUT2D eigenvalue weighted by Gasteiger charge is -2.40. The molecule has 2 fully saturated rings. The second-order valence-electron chi connectivity index (χ2n) is 5.06. The zero-order valence-electron chi connectivity index (χ0n) is 10.1. The molecule has 2 rings (SSSR count). The van der Waals surface area contributed by atoms with Gasteiger partial charge in [-0.1, -0.05) is 12.8 Å². The van der Waals surface area contributed by atoms with Crippen LogP contribution >= 0.6 is 0 Å². The molecule has 1 heterocycles. The number of piperazine rings is 1. The zero-order valence-corrected chi connectivity index (χ0v) is 10.1. The van der Waals surface area contributed by atoms with Gasteiger partial charge in [0, 0.05) is 0 Å². The lowest BCUT2D eigenvalue weighted by molar-refractivity contribution is -0.168. The minimum Gasteiger partial charge on any atom is -0.340 e. The molecular formula is C11H14F4N2O2. The third-order valence-corrected chi connectivity index (χ3v) is 3.59. The van der Waals surface area contributed by atoms with Gasteiger partial charge < -0.3 is 10.2 Å². The van der Waals surface area contributed by atoms with Gasteiger partial charge in [-0.2, -0.15) is 8.78 Å². The number of amides is 2. The summed E-state index contributed by atoms with van der Waals surface area (Å²) >= 11 is 0. The highest BCUT2D eigenvalue weighted by molar-refractivity contribution is 5.98. The van der Waals surface area contributed by atoms with Crippen LogP contribution in [0.1, 0.15) is 25.7 Å². The Morgan fingerprint density at radius 2 is 1.84 bits per heavy atom. The molecule has 108 valence electrons. The van der Waals surface area contributed by atoms with Gasteiger partial charge in [0.1, 0.15) is 5.54 Å². The fourth-order valence-electron chi connectivity index (χ4n) is 2.68. The molecule has 1 saturated heterocycles. The molecule has 1 aliphatic heterocycles. The summed E-state index contributed by atoms with van der Waals surface area (Å²) in [6.07, 6.45) is -1.72. The number of hydrogen-bond acceptors (Lipinski definition) is 2. The van der Waals surface area contributed by atoms with Crippen LogP contribution in [0, 0.1) is 0 Å². The summed E-state index contributed by atoms with van der Waals surface area (Å²) in [4.78, 5) is 24.2. The van der Waals surface area contributed by atoms with E-state index in [2.05, 4.69) is 5.32 Å². The van der Waals surface area contributed by atoms with Crippen molar-refractivity contribution in [1.29, 1.82) is 0 Å². The highest BCUT2D eigenvalue weighted by Gasteiger charge is 2.52. The van der Waals surface area contributed by atoms with Crippen LogP contribution in [-0.4, -0.2) is 47.7 Å². The molecule has 0 bridgehead atoms. The molecule has 0 radical (unpaired) electrons. The molecule has 1 aliphatic carbocycles. The van der Waals surface area contributed by atoms with E-state index in [0.717, 1.165) is 0 Å². The van der Waals surface area contributed by atoms with Crippen LogP contribution in [-0.2, 0) is 9.59 Å². The van der Waals surface area contributed by atoms with Gasteiger partial charge >= 0.3 is 12.3 Å². The van der Waals surface area contributed by atoms with Crippen LogP contribution in [0.4, 0.5) is 17.6 Å². The van der Waals surface area contributed by atoms with Gasteiger partial charge in [-0.25, -0.2) is 8.78 Å². The van der Waals surface area contributed by atoms with E-state index in [1.165, 1.54) is 0 Å². The monoisotopic (exact) mass is 282 g/mol. The van der Waals surface area contributed by atoms with Crippen LogP contribution in [0.25, 0.3) is 0 Å². The Labute approximate surface area is 107 Å². The largest absolute Gasteiger partial charge is 0.340 e. The first-order chi connectivity index (χ1) is 8.77. The van der Waals surface area contributed by atoms with Crippen molar-refractivity contribution in [2.75, 3.05) is 13.1 Å². The number of carbonyl (C=O) groups excluding carboxylic acids is 2. The first-order valence-electron chi connectivity index (χ1n) is 6.03. The molecular weight excluding hydrogens is 268 g/mol. The maximum absolute atomic E-state index is 13.0. The molecule has 0 aromatic carbocycles. The van der Waals surface area contributed by atoms with Crippen molar-refractivity contribution < 1.29 is 27.2 Å². The van der Waals surface area contributed by atoms with E-state index in [4.69, 9.17) is 0 Å². The highest BCUT2D eigenvalue weighted by Crippen LogP contribution is 2.34. The van der Waals surface area contributed by atoms with Crippen molar-refractivity contribution in [3.63, 3.8) is 0 Å². The average Bonchev–Trinajstić information content (AvgIpc) is 2.74. The van der Waals surface area contributed by atoms with Gasteiger partial charge in [-0.3, -0.25) is 9.59 Å². The molecule has 19 heavy (non-hydrogen) atoms. The Morgan fingerprint density at radius 1 is 1.26 bits per heavy atom. The Balaban J connectivity index is 2.16. The van der Waals surface area contributed by atoms with E-state index in [1.54, 1.807) is 0 Å². The van der Waals surface area contributed by atoms with Gasteiger partial charge in [-0.15, -0.1) is 0 Å². The standard InChI is InChI=1S/C11H14F4N2O2/c12-8(13)11(14,15)6-17-5-7(18)16-10(9(17)19)3-1-2-4-10/h8H,1-6H2,(H,16,18). The maximum Gasteiger partial charge on any atom is 0.324 e. The average molecular weight is 282 g/mol. The lowest BCUT2D eigenvalue weighted by Crippen LogP contribution is -2.67. The summed E-state index contributed by atoms with van der Waals surface area (Å²) in [5.41, 5.74) is -1.16. The summed E-state index contributed by atoms with van der Waals surface area (Å²) in [6, 6.07) is 0. The number of carbonyl (C=O) groups is 2. The number of nitrogens with zero attached hydrogens (tertiary/aromatic N) is 1. The third-order valence-electron chi connectivity index (χ3n) is 3.59. The molecule has 2 amide bonds. The fourth-order valence-corrected chi connectivity index (χ4v) is 2.68. The topological polar surface area (TPSA) is 49.4 Å². The van der Waals surface area contributed by atoms with E-state index in [1.807, 2.05) is 0 Å². The number of halogens is 4. The van der Waals surface area contributed by atoms with Gasteiger partial charge in [0.15, 0.2) is 0 Å². The van der Waals surface area contributed by atoms with Gasteiger partial charge in [0.05, 0.1) is 13.1 Å². The Bertz CT molecular complexity index is 394. The summed E-state index contributed by atoms with van der Waals surface area (Å²) in [6.45, 7) is -2.01. The van der Waals surface area contributed by atoms with Crippen LogP contribution in [0.5, 0.6) is 0 Å². The normalized spacial score (nSPS) is 23.3. The minimum atomic E-state index is -4.30. The molecule has 1 saturated carbocycles. The van der Waals surface area contributed by atoms with E-state index in [0.29, 0.717) is 30.6 Å². The molecule has 1 spiro atoms. The van der Waals surface area contributed by atoms with Crippen LogP contribution in [0.2, 0.25) is 0 Å². The predicted molar refractivity (Wildman–Crippen MR) is 56.9 cm³/mol. The second kappa shape index (κ2) is 4.64. The SMILES string of the molecule is O=C1CN(CC(F)(F)C(F)F)C(=O)C2(CCCC2)N1. The first kappa shape index (κ1) is 14.1. The van der Waals surface area contributed by atoms with E-state index in [9.17, 15) is 27.2 Å². The number of nitrogens with one attached hydrogen (secondary N) is 1. The lowest BCUT2D eigenvalue weighted by atomic mass is 9.93. The zero-order chi connectivity index (χ0) is 14.3. The molecule has 0 aromatic rings. The summed E-state index contributed by atoms with van der Waals surface area (Å²) < 4.78 is 50.4. The molecule has 1 N–H and O–H groups in total. The smallest absolute Gasteiger partial charge is 0.324 e. The molecule has 8 heteroatoms. The van der Waals surface area contributed by atoms with Crippen LogP contribution in [0.15, 0.2) is 0 Å². The van der Waals surface area contributed by atoms with Crippen LogP contribution < -0.4 is 5.32 Å². The molecule has 0 aromatic heterocycles. The second-order valence-corrected chi connectivity index (χ2v) is 5.06. The maximum atomic E-state index is 13.0. The Hall–Kier alpha value is -1.34. The van der Waals surface area contributed by atoms with Crippen molar-refractivity contribution in [1.82, 2.24) is 10.2 Å². The van der Waals surface area contributed by atoms with Crippen molar-refractivity contribution >= 4 is 11.8 Å². The highest BCUT2D eigenvalue weighted by atomic mass is 19.3. The summed E-state index contributed by atoms with van der Waals surface area (Å²) in [5.74, 6) is -5.55. The number of rotatable bonds is 3. The van der Waals surface area contributed by atoms with Crippen LogP contribution in [0.3, 0.4) is 0 Å². The third kappa shape index (κ3) is 2.52. The van der Waals surface area contributed by atoms with Gasteiger partial charge in [0.2, 0.25) is 11.8 Å².